The predicted octanol–water partition coefficient (Wildman–Crippen LogP) is 2.42. The number of nitrogens with one attached hydrogen (secondary N) is 1. The summed E-state index contributed by atoms with van der Waals surface area (Å²) in [6, 6.07) is 7.90. The molecule has 0 unspecified atom stereocenters. The Kier molecular flexibility index (Phi) is 5.17. The summed E-state index contributed by atoms with van der Waals surface area (Å²) in [5.74, 6) is 0. The van der Waals surface area contributed by atoms with Crippen LogP contribution in [0.25, 0.3) is 0 Å². The minimum atomic E-state index is 0.0707. The minimum absolute atomic E-state index is 0.0707. The van der Waals surface area contributed by atoms with Gasteiger partial charge in [0.25, 0.3) is 0 Å². The minimum Gasteiger partial charge on any atom is -0.392 e. The van der Waals surface area contributed by atoms with Gasteiger partial charge in [0.05, 0.1) is 23.0 Å². The Labute approximate surface area is 124 Å². The zero-order chi connectivity index (χ0) is 14.5. The molecular formula is C15H20ClN3O. The summed E-state index contributed by atoms with van der Waals surface area (Å²) in [5, 5.41) is 17.6. The average Bonchev–Trinajstić information content (AvgIpc) is 2.74. The summed E-state index contributed by atoms with van der Waals surface area (Å²) in [6.07, 6.45) is 0.839. The lowest BCUT2D eigenvalue weighted by Gasteiger charge is -2.07. The van der Waals surface area contributed by atoms with Crippen LogP contribution in [0.4, 0.5) is 0 Å². The van der Waals surface area contributed by atoms with Gasteiger partial charge in [-0.2, -0.15) is 5.10 Å². The molecule has 0 saturated heterocycles. The van der Waals surface area contributed by atoms with Crippen LogP contribution in [0.5, 0.6) is 0 Å². The maximum absolute atomic E-state index is 9.12. The summed E-state index contributed by atoms with van der Waals surface area (Å²) in [5.41, 5.74) is 4.01. The topological polar surface area (TPSA) is 50.1 Å². The van der Waals surface area contributed by atoms with Crippen LogP contribution in [0, 0.1) is 0 Å². The highest BCUT2D eigenvalue weighted by atomic mass is 35.5. The number of hydrogen-bond donors (Lipinski definition) is 2. The van der Waals surface area contributed by atoms with Crippen LogP contribution in [0.3, 0.4) is 0 Å². The normalized spacial score (nSPS) is 11.0. The smallest absolute Gasteiger partial charge is 0.0863 e. The first-order valence-corrected chi connectivity index (χ1v) is 7.13. The fourth-order valence-electron chi connectivity index (χ4n) is 2.18. The van der Waals surface area contributed by atoms with Gasteiger partial charge in [0.15, 0.2) is 0 Å². The number of aliphatic hydroxyl groups excluding tert-OH is 1. The molecule has 1 aromatic carbocycles. The van der Waals surface area contributed by atoms with E-state index in [0.29, 0.717) is 6.54 Å². The van der Waals surface area contributed by atoms with Crippen molar-refractivity contribution >= 4 is 11.6 Å². The third-order valence-corrected chi connectivity index (χ3v) is 3.73. The van der Waals surface area contributed by atoms with Crippen molar-refractivity contribution in [2.75, 3.05) is 0 Å². The summed E-state index contributed by atoms with van der Waals surface area (Å²) in [7, 11) is 1.91. The fraction of sp³-hybridized carbons (Fsp3) is 0.400. The highest BCUT2D eigenvalue weighted by Crippen LogP contribution is 2.20. The van der Waals surface area contributed by atoms with Crippen LogP contribution in [0.1, 0.15) is 29.4 Å². The van der Waals surface area contributed by atoms with Crippen LogP contribution >= 0.6 is 11.6 Å². The fourth-order valence-corrected chi connectivity index (χ4v) is 2.54. The van der Waals surface area contributed by atoms with Gasteiger partial charge in [0.2, 0.25) is 0 Å². The zero-order valence-electron chi connectivity index (χ0n) is 11.9. The van der Waals surface area contributed by atoms with Crippen LogP contribution in [-0.4, -0.2) is 14.9 Å². The van der Waals surface area contributed by atoms with Crippen molar-refractivity contribution in [1.29, 1.82) is 0 Å². The molecule has 5 heteroatoms. The number of benzene rings is 1. The van der Waals surface area contributed by atoms with Crippen molar-refractivity contribution in [2.24, 2.45) is 7.05 Å². The number of nitrogens with zero attached hydrogens (tertiary/aromatic N) is 2. The highest BCUT2D eigenvalue weighted by Gasteiger charge is 2.12. The first-order chi connectivity index (χ1) is 9.65. The van der Waals surface area contributed by atoms with E-state index in [1.807, 2.05) is 42.9 Å². The van der Waals surface area contributed by atoms with Crippen molar-refractivity contribution in [1.82, 2.24) is 15.1 Å². The van der Waals surface area contributed by atoms with Gasteiger partial charge in [0, 0.05) is 20.1 Å². The van der Waals surface area contributed by atoms with Crippen molar-refractivity contribution in [3.63, 3.8) is 0 Å². The van der Waals surface area contributed by atoms with E-state index in [9.17, 15) is 0 Å². The van der Waals surface area contributed by atoms with E-state index in [0.717, 1.165) is 40.5 Å². The van der Waals surface area contributed by atoms with E-state index < -0.39 is 0 Å². The van der Waals surface area contributed by atoms with Gasteiger partial charge in [-0.25, -0.2) is 0 Å². The molecule has 108 valence electrons. The molecule has 0 fully saturated rings. The molecule has 2 aromatic rings. The maximum Gasteiger partial charge on any atom is 0.0863 e. The van der Waals surface area contributed by atoms with Crippen molar-refractivity contribution in [2.45, 2.75) is 33.0 Å². The summed E-state index contributed by atoms with van der Waals surface area (Å²) >= 11 is 6.30. The van der Waals surface area contributed by atoms with E-state index in [-0.39, 0.29) is 6.61 Å². The Bertz CT molecular complexity index is 580. The lowest BCUT2D eigenvalue weighted by molar-refractivity contribution is 0.281. The molecule has 2 rings (SSSR count). The van der Waals surface area contributed by atoms with Crippen molar-refractivity contribution < 1.29 is 5.11 Å². The molecule has 0 spiro atoms. The molecule has 0 bridgehead atoms. The van der Waals surface area contributed by atoms with Gasteiger partial charge in [-0.3, -0.25) is 4.68 Å². The van der Waals surface area contributed by atoms with E-state index >= 15 is 0 Å². The molecule has 0 saturated carbocycles. The van der Waals surface area contributed by atoms with E-state index in [1.165, 1.54) is 0 Å². The third kappa shape index (κ3) is 3.39. The molecule has 2 N–H and O–H groups in total. The van der Waals surface area contributed by atoms with Gasteiger partial charge >= 0.3 is 0 Å². The van der Waals surface area contributed by atoms with Gasteiger partial charge < -0.3 is 10.4 Å². The summed E-state index contributed by atoms with van der Waals surface area (Å²) in [6.45, 7) is 3.52. The lowest BCUT2D eigenvalue weighted by Crippen LogP contribution is -2.15. The largest absolute Gasteiger partial charge is 0.392 e. The van der Waals surface area contributed by atoms with Gasteiger partial charge in [-0.05, 0) is 17.5 Å². The van der Waals surface area contributed by atoms with Gasteiger partial charge in [0.1, 0.15) is 0 Å². The Morgan fingerprint density at radius 2 is 2.05 bits per heavy atom. The van der Waals surface area contributed by atoms with Crippen molar-refractivity contribution in [3.05, 3.63) is 51.8 Å². The second kappa shape index (κ2) is 6.88. The van der Waals surface area contributed by atoms with E-state index in [2.05, 4.69) is 10.4 Å². The number of hydrogen-bond acceptors (Lipinski definition) is 3. The van der Waals surface area contributed by atoms with E-state index in [1.54, 1.807) is 0 Å². The molecular weight excluding hydrogens is 274 g/mol. The zero-order valence-corrected chi connectivity index (χ0v) is 12.6. The molecule has 20 heavy (non-hydrogen) atoms. The number of aliphatic hydroxyl groups is 1. The highest BCUT2D eigenvalue weighted by molar-refractivity contribution is 6.31. The Balaban J connectivity index is 1.97. The molecule has 0 radical (unpaired) electrons. The van der Waals surface area contributed by atoms with Crippen molar-refractivity contribution in [3.8, 4) is 0 Å². The van der Waals surface area contributed by atoms with Gasteiger partial charge in [-0.15, -0.1) is 0 Å². The number of aromatic nitrogens is 2. The molecule has 1 heterocycles. The molecule has 0 atom stereocenters. The summed E-state index contributed by atoms with van der Waals surface area (Å²) in [4.78, 5) is 0. The Morgan fingerprint density at radius 1 is 1.30 bits per heavy atom. The first-order valence-electron chi connectivity index (χ1n) is 6.75. The molecule has 0 aliphatic carbocycles. The first kappa shape index (κ1) is 15.0. The second-order valence-electron chi connectivity index (χ2n) is 4.77. The number of rotatable bonds is 6. The standard InChI is InChI=1S/C15H20ClN3O/c1-3-13-15(16)14(19(2)18-13)9-17-8-11-5-4-6-12(7-11)10-20/h4-7,17,20H,3,8-10H2,1-2H3. The van der Waals surface area contributed by atoms with Crippen LogP contribution in [0.2, 0.25) is 5.02 Å². The number of aryl methyl sites for hydroxylation is 2. The van der Waals surface area contributed by atoms with E-state index in [4.69, 9.17) is 16.7 Å². The molecule has 4 nitrogen and oxygen atoms in total. The lowest BCUT2D eigenvalue weighted by atomic mass is 10.1. The number of halogens is 1. The molecule has 0 aliphatic heterocycles. The van der Waals surface area contributed by atoms with Gasteiger partial charge in [-0.1, -0.05) is 42.8 Å². The monoisotopic (exact) mass is 293 g/mol. The molecule has 1 aromatic heterocycles. The third-order valence-electron chi connectivity index (χ3n) is 3.30. The van der Waals surface area contributed by atoms with Crippen LogP contribution in [0.15, 0.2) is 24.3 Å². The predicted molar refractivity (Wildman–Crippen MR) is 80.5 cm³/mol. The van der Waals surface area contributed by atoms with Crippen LogP contribution in [-0.2, 0) is 33.2 Å². The average molecular weight is 294 g/mol. The Hall–Kier alpha value is -1.36. The summed E-state index contributed by atoms with van der Waals surface area (Å²) < 4.78 is 1.83. The maximum atomic E-state index is 9.12. The molecule has 0 aliphatic rings. The van der Waals surface area contributed by atoms with Crippen LogP contribution < -0.4 is 5.32 Å². The SMILES string of the molecule is CCc1nn(C)c(CNCc2cccc(CO)c2)c1Cl. The quantitative estimate of drug-likeness (QED) is 0.860. The molecule has 0 amide bonds. The second-order valence-corrected chi connectivity index (χ2v) is 5.14. The Morgan fingerprint density at radius 3 is 2.70 bits per heavy atom.